The molecule has 0 heterocycles. The lowest BCUT2D eigenvalue weighted by Crippen LogP contribution is -2.35. The zero-order chi connectivity index (χ0) is 13.8. The van der Waals surface area contributed by atoms with E-state index in [4.69, 9.17) is 0 Å². The van der Waals surface area contributed by atoms with Crippen LogP contribution in [0.2, 0.25) is 0 Å². The Bertz CT molecular complexity index is 397. The first kappa shape index (κ1) is 14.5. The normalized spacial score (nSPS) is 25.5. The number of benzene rings is 1. The van der Waals surface area contributed by atoms with Gasteiger partial charge in [-0.05, 0) is 58.8 Å². The fourth-order valence-corrected chi connectivity index (χ4v) is 3.39. The van der Waals surface area contributed by atoms with Gasteiger partial charge in [0.25, 0.3) is 0 Å². The molecule has 2 rings (SSSR count). The first-order chi connectivity index (χ1) is 9.13. The Labute approximate surface area is 116 Å². The number of hydrogen-bond donors (Lipinski definition) is 1. The summed E-state index contributed by atoms with van der Waals surface area (Å²) >= 11 is 0. The van der Waals surface area contributed by atoms with Crippen molar-refractivity contribution in [3.8, 4) is 0 Å². The van der Waals surface area contributed by atoms with Crippen molar-refractivity contribution in [2.24, 2.45) is 5.92 Å². The summed E-state index contributed by atoms with van der Waals surface area (Å²) in [5.74, 6) is 0.480. The van der Waals surface area contributed by atoms with E-state index in [1.807, 2.05) is 19.2 Å². The van der Waals surface area contributed by atoms with Crippen molar-refractivity contribution >= 4 is 0 Å². The van der Waals surface area contributed by atoms with Crippen LogP contribution >= 0.6 is 0 Å². The highest BCUT2D eigenvalue weighted by Gasteiger charge is 2.30. The third-order valence-electron chi connectivity index (χ3n) is 4.41. The van der Waals surface area contributed by atoms with Crippen LogP contribution in [-0.2, 0) is 0 Å². The van der Waals surface area contributed by atoms with E-state index in [-0.39, 0.29) is 11.9 Å². The van der Waals surface area contributed by atoms with Crippen molar-refractivity contribution in [1.82, 2.24) is 10.2 Å². The number of halogens is 1. The monoisotopic (exact) mass is 264 g/mol. The number of hydrogen-bond acceptors (Lipinski definition) is 2. The van der Waals surface area contributed by atoms with E-state index in [9.17, 15) is 4.39 Å². The highest BCUT2D eigenvalue weighted by molar-refractivity contribution is 5.22. The van der Waals surface area contributed by atoms with Crippen LogP contribution in [-0.4, -0.2) is 32.1 Å². The van der Waals surface area contributed by atoms with Gasteiger partial charge in [0.05, 0.1) is 0 Å². The van der Waals surface area contributed by atoms with Crippen molar-refractivity contribution in [3.05, 3.63) is 35.6 Å². The first-order valence-corrected chi connectivity index (χ1v) is 7.21. The fraction of sp³-hybridized carbons (Fsp3) is 0.625. The van der Waals surface area contributed by atoms with E-state index in [1.165, 1.54) is 25.7 Å². The highest BCUT2D eigenvalue weighted by atomic mass is 19.1. The van der Waals surface area contributed by atoms with Crippen LogP contribution in [0.25, 0.3) is 0 Å². The van der Waals surface area contributed by atoms with Gasteiger partial charge in [0.15, 0.2) is 0 Å². The van der Waals surface area contributed by atoms with Crippen LogP contribution in [0.1, 0.15) is 37.3 Å². The molecule has 3 heteroatoms. The van der Waals surface area contributed by atoms with Crippen LogP contribution in [0.5, 0.6) is 0 Å². The lowest BCUT2D eigenvalue weighted by Gasteiger charge is -2.37. The first-order valence-electron chi connectivity index (χ1n) is 7.21. The van der Waals surface area contributed by atoms with Crippen LogP contribution in [0.3, 0.4) is 0 Å². The van der Waals surface area contributed by atoms with Gasteiger partial charge in [-0.25, -0.2) is 4.39 Å². The highest BCUT2D eigenvalue weighted by Crippen LogP contribution is 2.38. The van der Waals surface area contributed by atoms with E-state index < -0.39 is 0 Å². The largest absolute Gasteiger partial charge is 0.317 e. The molecular formula is C16H25FN2. The summed E-state index contributed by atoms with van der Waals surface area (Å²) in [5, 5.41) is 3.36. The Morgan fingerprint density at radius 3 is 2.32 bits per heavy atom. The van der Waals surface area contributed by atoms with Gasteiger partial charge in [-0.15, -0.1) is 0 Å². The minimum absolute atomic E-state index is 0.0723. The molecule has 1 fully saturated rings. The van der Waals surface area contributed by atoms with Gasteiger partial charge in [-0.1, -0.05) is 18.2 Å². The molecule has 0 spiro atoms. The quantitative estimate of drug-likeness (QED) is 0.898. The summed E-state index contributed by atoms with van der Waals surface area (Å²) in [6.45, 7) is 0. The van der Waals surface area contributed by atoms with Crippen LogP contribution in [0.4, 0.5) is 4.39 Å². The Hall–Kier alpha value is -0.930. The second kappa shape index (κ2) is 6.49. The van der Waals surface area contributed by atoms with E-state index >= 15 is 0 Å². The summed E-state index contributed by atoms with van der Waals surface area (Å²) in [6.07, 6.45) is 4.73. The molecule has 1 aliphatic rings. The molecule has 1 saturated carbocycles. The SMILES string of the molecule is CNC1CCC(C(c2ccccc2F)N(C)C)CC1. The van der Waals surface area contributed by atoms with Crippen LogP contribution in [0, 0.1) is 11.7 Å². The number of nitrogens with one attached hydrogen (secondary N) is 1. The number of nitrogens with zero attached hydrogens (tertiary/aromatic N) is 1. The Balaban J connectivity index is 2.16. The Morgan fingerprint density at radius 1 is 1.16 bits per heavy atom. The molecule has 1 aromatic carbocycles. The second-order valence-electron chi connectivity index (χ2n) is 5.83. The lowest BCUT2D eigenvalue weighted by molar-refractivity contribution is 0.155. The van der Waals surface area contributed by atoms with Crippen molar-refractivity contribution < 1.29 is 4.39 Å². The van der Waals surface area contributed by atoms with Gasteiger partial charge >= 0.3 is 0 Å². The summed E-state index contributed by atoms with van der Waals surface area (Å²) in [5.41, 5.74) is 0.848. The van der Waals surface area contributed by atoms with Crippen LogP contribution in [0.15, 0.2) is 24.3 Å². The minimum Gasteiger partial charge on any atom is -0.317 e. The van der Waals surface area contributed by atoms with Crippen molar-refractivity contribution in [2.45, 2.75) is 37.8 Å². The Morgan fingerprint density at radius 2 is 1.79 bits per heavy atom. The van der Waals surface area contributed by atoms with E-state index in [1.54, 1.807) is 12.1 Å². The van der Waals surface area contributed by atoms with E-state index in [2.05, 4.69) is 24.3 Å². The molecule has 1 aliphatic carbocycles. The molecule has 0 aliphatic heterocycles. The van der Waals surface area contributed by atoms with Crippen molar-refractivity contribution in [3.63, 3.8) is 0 Å². The molecular weight excluding hydrogens is 239 g/mol. The number of rotatable bonds is 4. The van der Waals surface area contributed by atoms with Gasteiger partial charge in [0, 0.05) is 17.6 Å². The molecule has 1 aromatic rings. The summed E-state index contributed by atoms with van der Waals surface area (Å²) in [7, 11) is 6.15. The molecule has 0 aromatic heterocycles. The zero-order valence-electron chi connectivity index (χ0n) is 12.2. The predicted molar refractivity (Wildman–Crippen MR) is 77.6 cm³/mol. The van der Waals surface area contributed by atoms with Gasteiger partial charge in [0.1, 0.15) is 5.82 Å². The van der Waals surface area contributed by atoms with Gasteiger partial charge in [-0.2, -0.15) is 0 Å². The topological polar surface area (TPSA) is 15.3 Å². The molecule has 106 valence electrons. The average Bonchev–Trinajstić information content (AvgIpc) is 2.42. The fourth-order valence-electron chi connectivity index (χ4n) is 3.39. The summed E-state index contributed by atoms with van der Waals surface area (Å²) in [4.78, 5) is 2.17. The van der Waals surface area contributed by atoms with Crippen LogP contribution < -0.4 is 5.32 Å². The lowest BCUT2D eigenvalue weighted by atomic mass is 9.78. The van der Waals surface area contributed by atoms with Crippen molar-refractivity contribution in [2.75, 3.05) is 21.1 Å². The molecule has 0 bridgehead atoms. The molecule has 2 nitrogen and oxygen atoms in total. The van der Waals surface area contributed by atoms with E-state index in [0.29, 0.717) is 12.0 Å². The second-order valence-corrected chi connectivity index (χ2v) is 5.83. The summed E-state index contributed by atoms with van der Waals surface area (Å²) in [6, 6.07) is 8.05. The Kier molecular flexibility index (Phi) is 4.94. The minimum atomic E-state index is -0.0723. The molecule has 1 atom stereocenters. The molecule has 1 N–H and O–H groups in total. The zero-order valence-corrected chi connectivity index (χ0v) is 12.2. The predicted octanol–water partition coefficient (Wildman–Crippen LogP) is 3.21. The van der Waals surface area contributed by atoms with Gasteiger partial charge in [-0.3, -0.25) is 0 Å². The molecule has 1 unspecified atom stereocenters. The molecule has 0 amide bonds. The molecule has 19 heavy (non-hydrogen) atoms. The summed E-state index contributed by atoms with van der Waals surface area (Å²) < 4.78 is 14.1. The maximum Gasteiger partial charge on any atom is 0.127 e. The van der Waals surface area contributed by atoms with Gasteiger partial charge in [0.2, 0.25) is 0 Å². The van der Waals surface area contributed by atoms with Gasteiger partial charge < -0.3 is 10.2 Å². The molecule has 0 saturated heterocycles. The van der Waals surface area contributed by atoms with Crippen molar-refractivity contribution in [1.29, 1.82) is 0 Å². The maximum absolute atomic E-state index is 14.1. The molecule has 0 radical (unpaired) electrons. The maximum atomic E-state index is 14.1. The van der Waals surface area contributed by atoms with E-state index in [0.717, 1.165) is 5.56 Å². The average molecular weight is 264 g/mol. The third-order valence-corrected chi connectivity index (χ3v) is 4.41. The third kappa shape index (κ3) is 3.34. The smallest absolute Gasteiger partial charge is 0.127 e. The standard InChI is InChI=1S/C16H25FN2/c1-18-13-10-8-12(9-11-13)16(19(2)3)14-6-4-5-7-15(14)17/h4-7,12-13,16,18H,8-11H2,1-3H3.